The molecule has 1 atom stereocenters. The van der Waals surface area contributed by atoms with Gasteiger partial charge in [-0.05, 0) is 81.0 Å². The van der Waals surface area contributed by atoms with Gasteiger partial charge in [-0.2, -0.15) is 17.5 Å². The predicted octanol–water partition coefficient (Wildman–Crippen LogP) is 7.81. The van der Waals surface area contributed by atoms with Gasteiger partial charge >= 0.3 is 12.1 Å². The molecule has 0 N–H and O–H groups in total. The standard InChI is InChI=1S/C32H34F5NO5S/c1-30(2,3)43-29(39)20-42-28-15-9-12-25-26(28)13-8-14-27(25)38(19-21-10-6-5-7-11-21)44(40,41)24-17-22(31(4,33)34)16-23(18-24)32(35,36)37/h5-7,9-12,15-18,27H,8,13-14,19-20H2,1-4H3. The number of alkyl halides is 5. The Hall–Kier alpha value is -3.51. The molecule has 0 spiro atoms. The molecule has 0 saturated carbocycles. The number of hydrogen-bond acceptors (Lipinski definition) is 5. The number of carbonyl (C=O) groups excluding carboxylic acids is 1. The van der Waals surface area contributed by atoms with E-state index < -0.39 is 55.8 Å². The fourth-order valence-corrected chi connectivity index (χ4v) is 6.85. The molecule has 0 fully saturated rings. The van der Waals surface area contributed by atoms with Gasteiger partial charge in [0.1, 0.15) is 11.4 Å². The SMILES string of the molecule is CC(C)(C)OC(=O)COc1cccc2c1CCCC2N(Cc1ccccc1)S(=O)(=O)c1cc(C(C)(F)F)cc(C(F)(F)F)c1. The average molecular weight is 640 g/mol. The molecule has 0 aromatic heterocycles. The van der Waals surface area contributed by atoms with Crippen molar-refractivity contribution < 1.29 is 44.6 Å². The monoisotopic (exact) mass is 639 g/mol. The summed E-state index contributed by atoms with van der Waals surface area (Å²) in [6.07, 6.45) is -3.77. The van der Waals surface area contributed by atoms with Crippen molar-refractivity contribution in [2.75, 3.05) is 6.61 Å². The van der Waals surface area contributed by atoms with Crippen LogP contribution in [0.1, 0.15) is 74.4 Å². The minimum absolute atomic E-state index is 0.232. The molecule has 1 aliphatic carbocycles. The van der Waals surface area contributed by atoms with Crippen LogP contribution in [0.2, 0.25) is 0 Å². The Morgan fingerprint density at radius 2 is 1.57 bits per heavy atom. The summed E-state index contributed by atoms with van der Waals surface area (Å²) in [6, 6.07) is 13.8. The number of sulfonamides is 1. The lowest BCUT2D eigenvalue weighted by atomic mass is 9.87. The van der Waals surface area contributed by atoms with Gasteiger partial charge in [0, 0.05) is 19.0 Å². The number of fused-ring (bicyclic) bond motifs is 1. The number of hydrogen-bond donors (Lipinski definition) is 0. The molecule has 0 bridgehead atoms. The van der Waals surface area contributed by atoms with Crippen molar-refractivity contribution in [3.05, 3.63) is 94.5 Å². The summed E-state index contributed by atoms with van der Waals surface area (Å²) in [4.78, 5) is 11.4. The zero-order chi connectivity index (χ0) is 32.5. The highest BCUT2D eigenvalue weighted by Gasteiger charge is 2.40. The highest BCUT2D eigenvalue weighted by atomic mass is 32.2. The molecule has 0 heterocycles. The Bertz CT molecular complexity index is 1560. The van der Waals surface area contributed by atoms with Crippen molar-refractivity contribution in [2.24, 2.45) is 0 Å². The number of esters is 1. The first-order valence-electron chi connectivity index (χ1n) is 14.0. The molecular weight excluding hydrogens is 605 g/mol. The summed E-state index contributed by atoms with van der Waals surface area (Å²) >= 11 is 0. The lowest BCUT2D eigenvalue weighted by Gasteiger charge is -2.36. The van der Waals surface area contributed by atoms with E-state index in [-0.39, 0.29) is 19.2 Å². The number of nitrogens with zero attached hydrogens (tertiary/aromatic N) is 1. The summed E-state index contributed by atoms with van der Waals surface area (Å²) in [6.45, 7) is 4.95. The first-order valence-corrected chi connectivity index (χ1v) is 15.4. The molecule has 0 aliphatic heterocycles. The molecule has 1 aliphatic rings. The zero-order valence-electron chi connectivity index (χ0n) is 24.8. The third-order valence-electron chi connectivity index (χ3n) is 7.07. The van der Waals surface area contributed by atoms with Gasteiger partial charge in [0.2, 0.25) is 10.0 Å². The normalized spacial score (nSPS) is 16.0. The summed E-state index contributed by atoms with van der Waals surface area (Å²) < 4.78 is 111. The van der Waals surface area contributed by atoms with E-state index in [1.54, 1.807) is 69.3 Å². The fourth-order valence-electron chi connectivity index (χ4n) is 5.16. The minimum atomic E-state index is -5.06. The lowest BCUT2D eigenvalue weighted by molar-refractivity contribution is -0.157. The smallest absolute Gasteiger partial charge is 0.416 e. The summed E-state index contributed by atoms with van der Waals surface area (Å²) in [5, 5.41) is 0. The maximum Gasteiger partial charge on any atom is 0.416 e. The molecule has 44 heavy (non-hydrogen) atoms. The maximum atomic E-state index is 14.3. The van der Waals surface area contributed by atoms with Crippen molar-refractivity contribution in [3.63, 3.8) is 0 Å². The van der Waals surface area contributed by atoms with Gasteiger partial charge in [0.15, 0.2) is 6.61 Å². The number of rotatable bonds is 9. The van der Waals surface area contributed by atoms with Gasteiger partial charge in [-0.25, -0.2) is 22.0 Å². The van der Waals surface area contributed by atoms with E-state index in [9.17, 15) is 35.2 Å². The molecule has 0 saturated heterocycles. The Morgan fingerprint density at radius 1 is 0.909 bits per heavy atom. The Kier molecular flexibility index (Phi) is 9.46. The van der Waals surface area contributed by atoms with E-state index in [0.29, 0.717) is 60.8 Å². The van der Waals surface area contributed by atoms with Gasteiger partial charge in [-0.1, -0.05) is 42.5 Å². The van der Waals surface area contributed by atoms with Crippen LogP contribution >= 0.6 is 0 Å². The molecule has 0 radical (unpaired) electrons. The largest absolute Gasteiger partial charge is 0.482 e. The second kappa shape index (κ2) is 12.5. The summed E-state index contributed by atoms with van der Waals surface area (Å²) in [5.74, 6) is -3.97. The summed E-state index contributed by atoms with van der Waals surface area (Å²) in [5.41, 5.74) is -1.53. The highest BCUT2D eigenvalue weighted by Crippen LogP contribution is 2.43. The van der Waals surface area contributed by atoms with E-state index in [2.05, 4.69) is 0 Å². The van der Waals surface area contributed by atoms with Crippen molar-refractivity contribution in [1.82, 2.24) is 4.31 Å². The van der Waals surface area contributed by atoms with E-state index in [1.807, 2.05) is 0 Å². The zero-order valence-corrected chi connectivity index (χ0v) is 25.6. The molecule has 4 rings (SSSR count). The van der Waals surface area contributed by atoms with E-state index in [0.717, 1.165) is 4.31 Å². The lowest BCUT2D eigenvalue weighted by Crippen LogP contribution is -2.36. The van der Waals surface area contributed by atoms with E-state index in [1.165, 1.54) is 0 Å². The van der Waals surface area contributed by atoms with Crippen LogP contribution in [0.5, 0.6) is 5.75 Å². The third-order valence-corrected chi connectivity index (χ3v) is 8.91. The second-order valence-electron chi connectivity index (χ2n) is 11.8. The van der Waals surface area contributed by atoms with Gasteiger partial charge in [0.05, 0.1) is 16.5 Å². The Balaban J connectivity index is 1.81. The van der Waals surface area contributed by atoms with E-state index >= 15 is 0 Å². The van der Waals surface area contributed by atoms with Gasteiger partial charge in [-0.15, -0.1) is 0 Å². The number of ether oxygens (including phenoxy) is 2. The van der Waals surface area contributed by atoms with Crippen molar-refractivity contribution in [3.8, 4) is 5.75 Å². The summed E-state index contributed by atoms with van der Waals surface area (Å²) in [7, 11) is -4.78. The van der Waals surface area contributed by atoms with Crippen LogP contribution in [0.3, 0.4) is 0 Å². The molecule has 3 aromatic rings. The van der Waals surface area contributed by atoms with Crippen LogP contribution in [0.4, 0.5) is 22.0 Å². The number of carbonyl (C=O) groups is 1. The van der Waals surface area contributed by atoms with Crippen LogP contribution in [0.25, 0.3) is 0 Å². The van der Waals surface area contributed by atoms with Crippen LogP contribution in [-0.4, -0.2) is 30.9 Å². The first kappa shape index (κ1) is 33.4. The van der Waals surface area contributed by atoms with Crippen molar-refractivity contribution >= 4 is 16.0 Å². The minimum Gasteiger partial charge on any atom is -0.482 e. The molecule has 0 amide bonds. The average Bonchev–Trinajstić information content (AvgIpc) is 2.93. The number of benzene rings is 3. The Morgan fingerprint density at radius 3 is 2.18 bits per heavy atom. The highest BCUT2D eigenvalue weighted by molar-refractivity contribution is 7.89. The fraction of sp³-hybridized carbons (Fsp3) is 0.406. The van der Waals surface area contributed by atoms with Gasteiger partial charge in [0.25, 0.3) is 5.92 Å². The van der Waals surface area contributed by atoms with Gasteiger partial charge < -0.3 is 9.47 Å². The molecule has 3 aromatic carbocycles. The van der Waals surface area contributed by atoms with E-state index in [4.69, 9.17) is 9.47 Å². The molecule has 6 nitrogen and oxygen atoms in total. The van der Waals surface area contributed by atoms with Crippen molar-refractivity contribution in [1.29, 1.82) is 0 Å². The van der Waals surface area contributed by atoms with Crippen LogP contribution in [0, 0.1) is 0 Å². The topological polar surface area (TPSA) is 72.9 Å². The quantitative estimate of drug-likeness (QED) is 0.177. The van der Waals surface area contributed by atoms with Gasteiger partial charge in [-0.3, -0.25) is 0 Å². The second-order valence-corrected chi connectivity index (χ2v) is 13.7. The maximum absolute atomic E-state index is 14.3. The van der Waals surface area contributed by atoms with Crippen LogP contribution in [0.15, 0.2) is 71.6 Å². The predicted molar refractivity (Wildman–Crippen MR) is 154 cm³/mol. The first-order chi connectivity index (χ1) is 20.4. The Labute approximate surface area is 253 Å². The molecule has 12 heteroatoms. The number of halogens is 5. The van der Waals surface area contributed by atoms with Crippen molar-refractivity contribution in [2.45, 2.75) is 82.1 Å². The molecular formula is C32H34F5NO5S. The molecule has 238 valence electrons. The van der Waals surface area contributed by atoms with Crippen LogP contribution in [-0.2, 0) is 44.6 Å². The third kappa shape index (κ3) is 7.95. The molecule has 1 unspecified atom stereocenters. The van der Waals surface area contributed by atoms with Crippen LogP contribution < -0.4 is 4.74 Å².